The Morgan fingerprint density at radius 3 is 1.01 bits per heavy atom. The van der Waals surface area contributed by atoms with Crippen molar-refractivity contribution in [1.82, 2.24) is 95.0 Å². The number of carboxylic acid groups (broad SMARTS) is 5. The maximum Gasteiger partial charge on any atom is 0.326 e. The van der Waals surface area contributed by atoms with Gasteiger partial charge in [-0.25, -0.2) is 9.78 Å². The zero-order valence-electron chi connectivity index (χ0n) is 76.9. The molecule has 0 radical (unpaired) electrons. The van der Waals surface area contributed by atoms with Crippen LogP contribution in [-0.2, 0) is 118 Å². The van der Waals surface area contributed by atoms with Crippen LogP contribution in [0.15, 0.2) is 52.8 Å². The molecule has 0 aliphatic heterocycles. The van der Waals surface area contributed by atoms with Gasteiger partial charge in [-0.2, -0.15) is 11.8 Å². The van der Waals surface area contributed by atoms with E-state index in [-0.39, 0.29) is 114 Å². The highest BCUT2D eigenvalue weighted by molar-refractivity contribution is 7.98. The summed E-state index contributed by atoms with van der Waals surface area (Å²) in [6.45, 7) is -3.73. The fraction of sp³-hybridized carbons (Fsp3) is 0.593. The Kier molecular flexibility index (Phi) is 57.3. The van der Waals surface area contributed by atoms with Gasteiger partial charge in [0, 0.05) is 51.4 Å². The number of hydrogen-bond donors (Lipinski definition) is 33. The second-order valence-electron chi connectivity index (χ2n) is 31.6. The van der Waals surface area contributed by atoms with E-state index in [9.17, 15) is 146 Å². The van der Waals surface area contributed by atoms with Crippen molar-refractivity contribution in [2.24, 2.45) is 55.9 Å². The third-order valence-corrected chi connectivity index (χ3v) is 21.0. The number of thioether (sulfide) groups is 1. The number of amides is 17. The number of aliphatic carboxylic acids is 5. The largest absolute Gasteiger partial charge is 0.481 e. The minimum absolute atomic E-state index is 0.0298. The number of primary amides is 1. The minimum atomic E-state index is -2.13. The van der Waals surface area contributed by atoms with Crippen molar-refractivity contribution >= 4 is 154 Å². The summed E-state index contributed by atoms with van der Waals surface area (Å²) in [5.41, 5.74) is 45.1. The Bertz CT molecular complexity index is 4550. The number of carbonyl (C=O) groups is 22. The number of hydrogen-bond acceptors (Lipinski definition) is 32. The molecule has 17 amide bonds. The van der Waals surface area contributed by atoms with E-state index in [1.807, 2.05) is 10.6 Å². The average molecular weight is 2010 g/mol. The highest BCUT2D eigenvalue weighted by Gasteiger charge is 2.40. The van der Waals surface area contributed by atoms with Gasteiger partial charge in [0.1, 0.15) is 96.7 Å². The molecule has 1 aromatic heterocycles. The number of nitrogens with zero attached hydrogens (tertiary/aromatic N) is 3. The van der Waals surface area contributed by atoms with E-state index in [0.29, 0.717) is 5.56 Å². The first-order chi connectivity index (χ1) is 66.2. The van der Waals surface area contributed by atoms with Crippen LogP contribution in [0.4, 0.5) is 0 Å². The predicted octanol–water partition coefficient (Wildman–Crippen LogP) is -13.9. The topological polar surface area (TPSA) is 991 Å². The van der Waals surface area contributed by atoms with E-state index in [1.54, 1.807) is 36.6 Å². The van der Waals surface area contributed by atoms with E-state index in [0.717, 1.165) is 6.92 Å². The first-order valence-electron chi connectivity index (χ1n) is 44.0. The molecular weight excluding hydrogens is 1880 g/mol. The quantitative estimate of drug-likeness (QED) is 0.0166. The number of benzene rings is 1. The van der Waals surface area contributed by atoms with Crippen molar-refractivity contribution in [1.29, 1.82) is 0 Å². The van der Waals surface area contributed by atoms with Crippen molar-refractivity contribution in [2.75, 3.05) is 64.6 Å². The van der Waals surface area contributed by atoms with Gasteiger partial charge in [-0.05, 0) is 127 Å². The second kappa shape index (κ2) is 66.0. The highest BCUT2D eigenvalue weighted by atomic mass is 32.2. The van der Waals surface area contributed by atoms with Crippen LogP contribution in [-0.4, -0.2) is 354 Å². The lowest BCUT2D eigenvalue weighted by molar-refractivity contribution is -0.147. The van der Waals surface area contributed by atoms with Crippen LogP contribution in [0.3, 0.4) is 0 Å². The molecule has 0 unspecified atom stereocenters. The van der Waals surface area contributed by atoms with Gasteiger partial charge in [0.25, 0.3) is 0 Å². The number of aliphatic hydroxyl groups excluding tert-OH is 3. The minimum Gasteiger partial charge on any atom is -0.481 e. The molecule has 1 aromatic carbocycles. The van der Waals surface area contributed by atoms with Crippen molar-refractivity contribution in [3.63, 3.8) is 0 Å². The molecule has 0 saturated carbocycles. The molecule has 0 spiro atoms. The Labute approximate surface area is 805 Å². The van der Waals surface area contributed by atoms with Crippen molar-refractivity contribution in [3.8, 4) is 0 Å². The predicted molar refractivity (Wildman–Crippen MR) is 492 cm³/mol. The van der Waals surface area contributed by atoms with Crippen LogP contribution in [0.2, 0.25) is 0 Å². The highest BCUT2D eigenvalue weighted by Crippen LogP contribution is 2.15. The van der Waals surface area contributed by atoms with E-state index in [2.05, 4.69) is 94.4 Å². The standard InChI is InChI=1S/C81H130N28O30S/c1-40(94-76(135)55(36-110)109-78(137)57(38-112)108-71(130)49(20-23-61(117)118)101-67(126)46(17-11-28-92-81(88)89)99-77(136)56(37-111)107-69(128)47(19-22-60(115)116)95-59(114)34-84)64(123)103-53(32-62(119)120)75(134)98-44(15-7-9-26-83)68(127)104-51(30-41-12-4-3-5-13-41)73(132)97-43(14-6-8-25-82)65(124)96-45(16-10-27-91-80(86)87)66(125)100-48(18-21-58(85)113)70(129)105-52(31-42-35-90-39-93-42)74(133)102-50(24-29-140-2)72(131)106-54(79(138)139)33-63(121)122/h3-5,12-13,35,39-40,43-57,110-112H,6-11,14-34,36-38,82-84H2,1-2H3,(H2,85,113)(H,90,93)(H,94,135)(H,95,114)(H,96,124)(H,97,132)(H,98,134)(H,99,136)(H,100,125)(H,101,126)(H,102,133)(H,103,123)(H,104,127)(H,105,129)(H,106,131)(H,107,128)(H,108,130)(H,109,137)(H,115,116)(H,117,118)(H,119,120)(H,121,122)(H,138,139)(H4,86,87,91)(H4,88,89,92)/t40-,43-,44-,45-,46-,47-,48-,49-,50-,51-,52-,53-,54-,55-,56-,57-/m0/s1. The lowest BCUT2D eigenvalue weighted by Crippen LogP contribution is -2.61. The maximum absolute atomic E-state index is 15.0. The number of H-pyrrole nitrogens is 1. The number of nitrogens with one attached hydrogen (secondary N) is 17. The molecule has 0 bridgehead atoms. The summed E-state index contributed by atoms with van der Waals surface area (Å²) >= 11 is 1.22. The summed E-state index contributed by atoms with van der Waals surface area (Å²) in [6.07, 6.45) is -3.79. The molecule has 0 aliphatic rings. The van der Waals surface area contributed by atoms with E-state index in [4.69, 9.17) is 45.9 Å². The number of aliphatic hydroxyl groups is 3. The normalized spacial score (nSPS) is 14.3. The van der Waals surface area contributed by atoms with Crippen LogP contribution in [0.1, 0.15) is 140 Å². The number of carboxylic acids is 5. The molecule has 780 valence electrons. The molecule has 2 aromatic rings. The molecule has 59 heteroatoms. The molecule has 0 saturated heterocycles. The Morgan fingerprint density at radius 2 is 0.671 bits per heavy atom. The lowest BCUT2D eigenvalue weighted by Gasteiger charge is -2.28. The van der Waals surface area contributed by atoms with Gasteiger partial charge in [0.05, 0.1) is 51.2 Å². The molecule has 0 fully saturated rings. The molecule has 58 nitrogen and oxygen atoms in total. The molecular formula is C81H130N28O30S. The van der Waals surface area contributed by atoms with Crippen LogP contribution in [0.25, 0.3) is 0 Å². The molecule has 41 N–H and O–H groups in total. The van der Waals surface area contributed by atoms with Gasteiger partial charge >= 0.3 is 29.8 Å². The van der Waals surface area contributed by atoms with Crippen molar-refractivity contribution in [2.45, 2.75) is 238 Å². The summed E-state index contributed by atoms with van der Waals surface area (Å²) in [4.78, 5) is 311. The fourth-order valence-electron chi connectivity index (χ4n) is 12.9. The van der Waals surface area contributed by atoms with E-state index in [1.165, 1.54) is 24.3 Å². The molecule has 0 aliphatic carbocycles. The number of carbonyl (C=O) groups excluding carboxylic acids is 17. The number of rotatable bonds is 72. The van der Waals surface area contributed by atoms with Crippen molar-refractivity contribution in [3.05, 3.63) is 54.1 Å². The van der Waals surface area contributed by atoms with Crippen LogP contribution < -0.4 is 131 Å². The summed E-state index contributed by atoms with van der Waals surface area (Å²) < 4.78 is 0. The smallest absolute Gasteiger partial charge is 0.326 e. The lowest BCUT2D eigenvalue weighted by atomic mass is 10.0. The molecule has 1 heterocycles. The zero-order chi connectivity index (χ0) is 105. The van der Waals surface area contributed by atoms with Crippen LogP contribution in [0.5, 0.6) is 0 Å². The van der Waals surface area contributed by atoms with E-state index >= 15 is 0 Å². The van der Waals surface area contributed by atoms with Crippen LogP contribution >= 0.6 is 11.8 Å². The Hall–Kier alpha value is -14.6. The third kappa shape index (κ3) is 48.4. The number of unbranched alkanes of at least 4 members (excludes halogenated alkanes) is 2. The van der Waals surface area contributed by atoms with Crippen molar-refractivity contribution < 1.29 is 146 Å². The molecule has 16 atom stereocenters. The summed E-state index contributed by atoms with van der Waals surface area (Å²) in [6, 6.07) is -21.2. The third-order valence-electron chi connectivity index (χ3n) is 20.4. The van der Waals surface area contributed by atoms with Gasteiger partial charge in [-0.3, -0.25) is 111 Å². The summed E-state index contributed by atoms with van der Waals surface area (Å²) in [5, 5.41) is 116. The number of nitrogens with two attached hydrogens (primary N) is 8. The first kappa shape index (κ1) is 121. The average Bonchev–Trinajstić information content (AvgIpc) is 0.897. The number of aromatic amines is 1. The monoisotopic (exact) mass is 2010 g/mol. The van der Waals surface area contributed by atoms with Crippen LogP contribution in [0, 0.1) is 0 Å². The first-order valence-corrected chi connectivity index (χ1v) is 45.4. The Morgan fingerprint density at radius 1 is 0.357 bits per heavy atom. The number of imidazole rings is 1. The van der Waals surface area contributed by atoms with Gasteiger partial charge in [0.15, 0.2) is 11.9 Å². The Balaban J connectivity index is 2.57. The van der Waals surface area contributed by atoms with Gasteiger partial charge in [-0.15, -0.1) is 0 Å². The second-order valence-corrected chi connectivity index (χ2v) is 32.6. The molecule has 140 heavy (non-hydrogen) atoms. The number of aromatic nitrogens is 2. The SMILES string of the molecule is CSCC[C@H](NC(=O)[C@H](Cc1c[nH]cn1)NC(=O)[C@H](CCC(N)=O)NC(=O)[C@H](CCCN=C(N)N)NC(=O)[C@H](CCCCN)NC(=O)[C@H](Cc1ccccc1)NC(=O)[C@H](CCCCN)NC(=O)[C@H](CC(=O)O)NC(=O)[C@H](C)NC(=O)[C@H](CO)NC(=O)[C@H](CO)NC(=O)[C@H](CCC(=O)O)NC(=O)[C@H](CCCN=C(N)N)NC(=O)[C@H](CO)NC(=O)[C@H](CCC(=O)O)NC(=O)CN)C(=O)N[C@@H](CC(=O)O)C(=O)O. The van der Waals surface area contributed by atoms with Gasteiger partial charge in [0.2, 0.25) is 100 Å². The van der Waals surface area contributed by atoms with Gasteiger partial charge in [-0.1, -0.05) is 30.3 Å². The number of aliphatic imine (C=N–C) groups is 2. The summed E-state index contributed by atoms with van der Waals surface area (Å²) in [7, 11) is 0. The van der Waals surface area contributed by atoms with Gasteiger partial charge < -0.3 is 177 Å². The summed E-state index contributed by atoms with van der Waals surface area (Å²) in [5.74, 6) is -28.8. The molecule has 2 rings (SSSR count). The van der Waals surface area contributed by atoms with E-state index < -0.39 is 323 Å². The zero-order valence-corrected chi connectivity index (χ0v) is 77.7. The fourth-order valence-corrected chi connectivity index (χ4v) is 13.4. The maximum atomic E-state index is 15.0. The number of guanidine groups is 2.